The van der Waals surface area contributed by atoms with E-state index in [0.717, 1.165) is 31.2 Å². The number of ether oxygens (including phenoxy) is 1. The van der Waals surface area contributed by atoms with Gasteiger partial charge in [-0.3, -0.25) is 0 Å². The van der Waals surface area contributed by atoms with Crippen LogP contribution in [0.15, 0.2) is 17.5 Å². The Bertz CT molecular complexity index is 186. The van der Waals surface area contributed by atoms with Crippen molar-refractivity contribution in [1.29, 1.82) is 0 Å². The Balaban J connectivity index is 0.000000132. The Labute approximate surface area is 83.1 Å². The molecule has 0 atom stereocenters. The van der Waals surface area contributed by atoms with Gasteiger partial charge in [-0.1, -0.05) is 0 Å². The SMILES string of the molecule is C1CNCCN1.COc1cccs1. The minimum Gasteiger partial charge on any atom is -0.487 e. The molecule has 0 radical (unpaired) electrons. The molecule has 0 aromatic carbocycles. The molecule has 2 heterocycles. The lowest BCUT2D eigenvalue weighted by atomic mass is 10.4. The minimum atomic E-state index is 0.972. The third-order valence-electron chi connectivity index (χ3n) is 1.65. The zero-order valence-corrected chi connectivity index (χ0v) is 8.69. The number of hydrogen-bond acceptors (Lipinski definition) is 4. The van der Waals surface area contributed by atoms with E-state index in [2.05, 4.69) is 10.6 Å². The van der Waals surface area contributed by atoms with Crippen molar-refractivity contribution >= 4 is 11.3 Å². The third-order valence-corrected chi connectivity index (χ3v) is 2.48. The summed E-state index contributed by atoms with van der Waals surface area (Å²) in [5, 5.41) is 9.40. The van der Waals surface area contributed by atoms with E-state index in [4.69, 9.17) is 4.74 Å². The minimum absolute atomic E-state index is 0.972. The second kappa shape index (κ2) is 6.88. The second-order valence-corrected chi connectivity index (χ2v) is 3.55. The fourth-order valence-electron chi connectivity index (χ4n) is 0.983. The highest BCUT2D eigenvalue weighted by Crippen LogP contribution is 2.16. The third kappa shape index (κ3) is 4.87. The Morgan fingerprint density at radius 1 is 1.23 bits per heavy atom. The van der Waals surface area contributed by atoms with Crippen molar-refractivity contribution in [2.45, 2.75) is 0 Å². The molecular formula is C9H16N2OS. The number of hydrogen-bond donors (Lipinski definition) is 2. The van der Waals surface area contributed by atoms with Gasteiger partial charge in [0.1, 0.15) is 0 Å². The molecule has 13 heavy (non-hydrogen) atoms. The molecule has 0 unspecified atom stereocenters. The first kappa shape index (κ1) is 10.5. The van der Waals surface area contributed by atoms with Gasteiger partial charge >= 0.3 is 0 Å². The van der Waals surface area contributed by atoms with Crippen LogP contribution in [0.4, 0.5) is 0 Å². The fourth-order valence-corrected chi connectivity index (χ4v) is 1.53. The highest BCUT2D eigenvalue weighted by Gasteiger charge is 1.91. The molecule has 1 aliphatic heterocycles. The zero-order valence-electron chi connectivity index (χ0n) is 7.88. The Hall–Kier alpha value is -0.580. The van der Waals surface area contributed by atoms with Gasteiger partial charge in [0.15, 0.2) is 5.06 Å². The molecule has 1 aliphatic rings. The van der Waals surface area contributed by atoms with Crippen molar-refractivity contribution in [3.63, 3.8) is 0 Å². The predicted octanol–water partition coefficient (Wildman–Crippen LogP) is 0.936. The molecule has 0 saturated carbocycles. The van der Waals surface area contributed by atoms with Crippen molar-refractivity contribution < 1.29 is 4.74 Å². The number of rotatable bonds is 1. The average molecular weight is 200 g/mol. The summed E-state index contributed by atoms with van der Waals surface area (Å²) in [5.41, 5.74) is 0. The van der Waals surface area contributed by atoms with Crippen LogP contribution in [0.3, 0.4) is 0 Å². The van der Waals surface area contributed by atoms with Gasteiger partial charge in [-0.05, 0) is 17.5 Å². The van der Waals surface area contributed by atoms with E-state index >= 15 is 0 Å². The molecule has 0 aliphatic carbocycles. The summed E-state index contributed by atoms with van der Waals surface area (Å²) in [6.07, 6.45) is 0. The van der Waals surface area contributed by atoms with Gasteiger partial charge in [-0.2, -0.15) is 0 Å². The maximum Gasteiger partial charge on any atom is 0.173 e. The smallest absolute Gasteiger partial charge is 0.173 e. The van der Waals surface area contributed by atoms with Crippen LogP contribution in [-0.2, 0) is 0 Å². The van der Waals surface area contributed by atoms with Gasteiger partial charge in [-0.25, -0.2) is 0 Å². The van der Waals surface area contributed by atoms with Crippen molar-refractivity contribution in [1.82, 2.24) is 10.6 Å². The Morgan fingerprint density at radius 3 is 2.08 bits per heavy atom. The van der Waals surface area contributed by atoms with Crippen LogP contribution in [0.5, 0.6) is 5.06 Å². The maximum absolute atomic E-state index is 4.87. The van der Waals surface area contributed by atoms with Gasteiger partial charge < -0.3 is 15.4 Å². The lowest BCUT2D eigenvalue weighted by Crippen LogP contribution is -2.39. The van der Waals surface area contributed by atoms with Crippen molar-refractivity contribution in [3.05, 3.63) is 17.5 Å². The van der Waals surface area contributed by atoms with Crippen molar-refractivity contribution in [3.8, 4) is 5.06 Å². The van der Waals surface area contributed by atoms with Gasteiger partial charge in [0.2, 0.25) is 0 Å². The molecule has 2 N–H and O–H groups in total. The van der Waals surface area contributed by atoms with E-state index in [-0.39, 0.29) is 0 Å². The molecule has 1 fully saturated rings. The molecule has 0 amide bonds. The molecular weight excluding hydrogens is 184 g/mol. The van der Waals surface area contributed by atoms with Gasteiger partial charge in [0.25, 0.3) is 0 Å². The van der Waals surface area contributed by atoms with Crippen LogP contribution in [0.2, 0.25) is 0 Å². The highest BCUT2D eigenvalue weighted by molar-refractivity contribution is 7.11. The van der Waals surface area contributed by atoms with E-state index < -0.39 is 0 Å². The van der Waals surface area contributed by atoms with E-state index in [1.54, 1.807) is 18.4 Å². The summed E-state index contributed by atoms with van der Waals surface area (Å²) in [4.78, 5) is 0. The predicted molar refractivity (Wildman–Crippen MR) is 56.6 cm³/mol. The monoisotopic (exact) mass is 200 g/mol. The molecule has 0 spiro atoms. The molecule has 1 aromatic heterocycles. The van der Waals surface area contributed by atoms with Crippen LogP contribution in [0.1, 0.15) is 0 Å². The number of thiophene rings is 1. The summed E-state index contributed by atoms with van der Waals surface area (Å²) in [5.74, 6) is 0. The van der Waals surface area contributed by atoms with Crippen LogP contribution < -0.4 is 15.4 Å². The molecule has 74 valence electrons. The van der Waals surface area contributed by atoms with E-state index in [9.17, 15) is 0 Å². The molecule has 3 nitrogen and oxygen atoms in total. The van der Waals surface area contributed by atoms with Gasteiger partial charge in [0.05, 0.1) is 7.11 Å². The van der Waals surface area contributed by atoms with Crippen LogP contribution in [-0.4, -0.2) is 33.3 Å². The summed E-state index contributed by atoms with van der Waals surface area (Å²) in [6.45, 7) is 4.56. The standard InChI is InChI=1S/C5H6OS.C4H10N2/c1-6-5-3-2-4-7-5;1-2-6-4-3-5-1/h2-4H,1H3;5-6H,1-4H2. The van der Waals surface area contributed by atoms with E-state index in [1.165, 1.54) is 0 Å². The normalized spacial score (nSPS) is 15.8. The fraction of sp³-hybridized carbons (Fsp3) is 0.556. The van der Waals surface area contributed by atoms with Crippen LogP contribution in [0, 0.1) is 0 Å². The van der Waals surface area contributed by atoms with E-state index in [1.807, 2.05) is 17.5 Å². The lowest BCUT2D eigenvalue weighted by Gasteiger charge is -2.11. The number of piperazine rings is 1. The van der Waals surface area contributed by atoms with Gasteiger partial charge in [-0.15, -0.1) is 11.3 Å². The first-order valence-electron chi connectivity index (χ1n) is 4.42. The maximum atomic E-state index is 4.87. The topological polar surface area (TPSA) is 33.3 Å². The molecule has 2 rings (SSSR count). The Morgan fingerprint density at radius 2 is 1.85 bits per heavy atom. The van der Waals surface area contributed by atoms with E-state index in [0.29, 0.717) is 0 Å². The second-order valence-electron chi connectivity index (χ2n) is 2.64. The summed E-state index contributed by atoms with van der Waals surface area (Å²) in [6, 6.07) is 3.90. The Kier molecular flexibility index (Phi) is 5.56. The molecule has 1 saturated heterocycles. The number of nitrogens with one attached hydrogen (secondary N) is 2. The average Bonchev–Trinajstić information content (AvgIpc) is 2.74. The highest BCUT2D eigenvalue weighted by atomic mass is 32.1. The summed E-state index contributed by atoms with van der Waals surface area (Å²) >= 11 is 1.60. The zero-order chi connectivity index (χ0) is 9.36. The summed E-state index contributed by atoms with van der Waals surface area (Å²) < 4.78 is 4.87. The first-order valence-corrected chi connectivity index (χ1v) is 5.30. The quantitative estimate of drug-likeness (QED) is 0.708. The van der Waals surface area contributed by atoms with Crippen LogP contribution >= 0.6 is 11.3 Å². The molecule has 0 bridgehead atoms. The van der Waals surface area contributed by atoms with Crippen LogP contribution in [0.25, 0.3) is 0 Å². The van der Waals surface area contributed by atoms with Gasteiger partial charge in [0, 0.05) is 26.2 Å². The largest absolute Gasteiger partial charge is 0.487 e. The first-order chi connectivity index (χ1) is 6.43. The number of methoxy groups -OCH3 is 1. The summed E-state index contributed by atoms with van der Waals surface area (Å²) in [7, 11) is 1.67. The van der Waals surface area contributed by atoms with Crippen molar-refractivity contribution in [2.24, 2.45) is 0 Å². The lowest BCUT2D eigenvalue weighted by molar-refractivity contribution is 0.427. The molecule has 4 heteroatoms. The van der Waals surface area contributed by atoms with Crippen molar-refractivity contribution in [2.75, 3.05) is 33.3 Å². The molecule has 1 aromatic rings.